The van der Waals surface area contributed by atoms with Crippen LogP contribution in [0.2, 0.25) is 0 Å². The van der Waals surface area contributed by atoms with Crippen molar-refractivity contribution in [2.45, 2.75) is 83.5 Å². The summed E-state index contributed by atoms with van der Waals surface area (Å²) in [7, 11) is 1.86. The van der Waals surface area contributed by atoms with Crippen LogP contribution in [0, 0.1) is 17.3 Å². The van der Waals surface area contributed by atoms with Crippen molar-refractivity contribution < 1.29 is 14.1 Å². The molecule has 6 aliphatic rings. The number of amides is 1. The minimum Gasteiger partial charge on any atom is -0.404 e. The molecule has 6 unspecified atom stereocenters. The summed E-state index contributed by atoms with van der Waals surface area (Å²) in [5.74, 6) is 1.64. The smallest absolute Gasteiger partial charge is 0.404 e. The Balaban J connectivity index is 1.22. The maximum Gasteiger partial charge on any atom is 0.481 e. The number of likely N-dealkylation sites (N-methyl/N-ethyl adjacent to an activating group) is 2. The van der Waals surface area contributed by atoms with Crippen molar-refractivity contribution in [2.24, 2.45) is 17.3 Å². The highest BCUT2D eigenvalue weighted by Gasteiger charge is 2.69. The van der Waals surface area contributed by atoms with E-state index in [2.05, 4.69) is 49.4 Å². The zero-order valence-corrected chi connectivity index (χ0v) is 19.6. The monoisotopic (exact) mass is 417 g/mol. The molecule has 6 atom stereocenters. The molecule has 6 nitrogen and oxygen atoms in total. The van der Waals surface area contributed by atoms with Gasteiger partial charge in [0, 0.05) is 19.1 Å². The SMILES string of the molecule is CCN1CCC(N(C)CC(=O)N2CCCC2B2OC3CC4CC(C4(C)C)C3(C)O2)C1. The Morgan fingerprint density at radius 2 is 2.00 bits per heavy atom. The highest BCUT2D eigenvalue weighted by Crippen LogP contribution is 2.65. The molecule has 30 heavy (non-hydrogen) atoms. The average molecular weight is 417 g/mol. The highest BCUT2D eigenvalue weighted by molar-refractivity contribution is 6.48. The number of rotatable bonds is 5. The first-order chi connectivity index (χ1) is 14.2. The molecule has 0 radical (unpaired) electrons. The van der Waals surface area contributed by atoms with Crippen LogP contribution >= 0.6 is 0 Å². The zero-order chi connectivity index (χ0) is 21.3. The predicted molar refractivity (Wildman–Crippen MR) is 118 cm³/mol. The fourth-order valence-corrected chi connectivity index (χ4v) is 7.34. The molecule has 1 amide bonds. The Morgan fingerprint density at radius 1 is 1.20 bits per heavy atom. The first-order valence-corrected chi connectivity index (χ1v) is 12.3. The van der Waals surface area contributed by atoms with Gasteiger partial charge in [-0.2, -0.15) is 0 Å². The Kier molecular flexibility index (Phi) is 5.28. The minimum absolute atomic E-state index is 0.0735. The standard InChI is InChI=1S/C23H40BN3O3/c1-6-26-11-9-17(14-26)25(5)15-21(28)27-10-7-8-20(27)24-29-19-13-16-12-18(22(16,2)3)23(19,4)30-24/h16-20H,6-15H2,1-5H3. The van der Waals surface area contributed by atoms with Gasteiger partial charge >= 0.3 is 7.12 Å². The molecule has 3 aliphatic heterocycles. The molecule has 0 aromatic carbocycles. The van der Waals surface area contributed by atoms with Gasteiger partial charge in [-0.05, 0) is 76.4 Å². The van der Waals surface area contributed by atoms with Crippen LogP contribution in [0.25, 0.3) is 0 Å². The van der Waals surface area contributed by atoms with Gasteiger partial charge in [0.2, 0.25) is 5.91 Å². The largest absolute Gasteiger partial charge is 0.481 e. The van der Waals surface area contributed by atoms with E-state index in [1.807, 2.05) is 0 Å². The average Bonchev–Trinajstić information content (AvgIpc) is 3.43. The molecule has 2 bridgehead atoms. The summed E-state index contributed by atoms with van der Waals surface area (Å²) < 4.78 is 13.2. The number of hydrogen-bond donors (Lipinski definition) is 0. The molecule has 6 fully saturated rings. The third-order valence-corrected chi connectivity index (χ3v) is 9.61. The molecule has 0 aromatic rings. The molecular formula is C23H40BN3O3. The second kappa shape index (κ2) is 7.46. The second-order valence-corrected chi connectivity index (χ2v) is 11.4. The van der Waals surface area contributed by atoms with E-state index in [9.17, 15) is 4.79 Å². The maximum absolute atomic E-state index is 13.3. The summed E-state index contributed by atoms with van der Waals surface area (Å²) in [6.07, 6.45) is 5.77. The van der Waals surface area contributed by atoms with Crippen molar-refractivity contribution in [3.05, 3.63) is 0 Å². The topological polar surface area (TPSA) is 45.2 Å². The van der Waals surface area contributed by atoms with Gasteiger partial charge in [0.1, 0.15) is 0 Å². The summed E-state index contributed by atoms with van der Waals surface area (Å²) in [6, 6.07) is 0.491. The number of hydrogen-bond acceptors (Lipinski definition) is 5. The molecule has 0 aromatic heterocycles. The lowest BCUT2D eigenvalue weighted by Gasteiger charge is -2.64. The molecule has 0 N–H and O–H groups in total. The molecule has 3 aliphatic carbocycles. The summed E-state index contributed by atoms with van der Waals surface area (Å²) in [6.45, 7) is 13.9. The van der Waals surface area contributed by atoms with Crippen LogP contribution < -0.4 is 0 Å². The summed E-state index contributed by atoms with van der Waals surface area (Å²) in [5.41, 5.74) is 0.162. The Hall–Kier alpha value is -0.625. The lowest BCUT2D eigenvalue weighted by atomic mass is 9.43. The summed E-state index contributed by atoms with van der Waals surface area (Å²) in [5, 5.41) is 0. The van der Waals surface area contributed by atoms with Gasteiger partial charge in [-0.1, -0.05) is 20.8 Å². The molecule has 3 saturated carbocycles. The quantitative estimate of drug-likeness (QED) is 0.643. The van der Waals surface area contributed by atoms with Crippen LogP contribution in [0.5, 0.6) is 0 Å². The summed E-state index contributed by atoms with van der Waals surface area (Å²) >= 11 is 0. The molecule has 3 saturated heterocycles. The third kappa shape index (κ3) is 3.18. The van der Waals surface area contributed by atoms with Crippen LogP contribution in [0.4, 0.5) is 0 Å². The minimum atomic E-state index is -0.256. The normalized spacial score (nSPS) is 42.7. The summed E-state index contributed by atoms with van der Waals surface area (Å²) in [4.78, 5) is 20.1. The van der Waals surface area contributed by atoms with Crippen molar-refractivity contribution in [1.82, 2.24) is 14.7 Å². The molecule has 3 heterocycles. The Bertz CT molecular complexity index is 691. The molecule has 7 heteroatoms. The van der Waals surface area contributed by atoms with Crippen molar-refractivity contribution in [1.29, 1.82) is 0 Å². The lowest BCUT2D eigenvalue weighted by molar-refractivity contribution is -0.199. The fraction of sp³-hybridized carbons (Fsp3) is 0.957. The van der Waals surface area contributed by atoms with E-state index in [0.29, 0.717) is 23.9 Å². The van der Waals surface area contributed by atoms with Crippen LogP contribution in [0.15, 0.2) is 0 Å². The number of carbonyl (C=O) groups excluding carboxylic acids is 1. The van der Waals surface area contributed by atoms with Gasteiger partial charge < -0.3 is 19.1 Å². The van der Waals surface area contributed by atoms with Crippen molar-refractivity contribution in [3.63, 3.8) is 0 Å². The van der Waals surface area contributed by atoms with Crippen molar-refractivity contribution in [2.75, 3.05) is 39.8 Å². The van der Waals surface area contributed by atoms with Gasteiger partial charge in [0.15, 0.2) is 0 Å². The first kappa shape index (κ1) is 21.2. The van der Waals surface area contributed by atoms with Gasteiger partial charge in [-0.25, -0.2) is 0 Å². The van der Waals surface area contributed by atoms with E-state index < -0.39 is 0 Å². The molecule has 6 rings (SSSR count). The van der Waals surface area contributed by atoms with E-state index in [1.54, 1.807) is 0 Å². The van der Waals surface area contributed by atoms with Gasteiger partial charge in [0.05, 0.1) is 24.2 Å². The van der Waals surface area contributed by atoms with E-state index in [4.69, 9.17) is 9.31 Å². The zero-order valence-electron chi connectivity index (χ0n) is 19.6. The van der Waals surface area contributed by atoms with Crippen molar-refractivity contribution in [3.8, 4) is 0 Å². The Morgan fingerprint density at radius 3 is 2.70 bits per heavy atom. The number of nitrogens with zero attached hydrogens (tertiary/aromatic N) is 3. The van der Waals surface area contributed by atoms with Crippen LogP contribution in [-0.4, -0.2) is 91.2 Å². The van der Waals surface area contributed by atoms with E-state index >= 15 is 0 Å². The lowest BCUT2D eigenvalue weighted by Crippen LogP contribution is -2.65. The molecule has 168 valence electrons. The van der Waals surface area contributed by atoms with Gasteiger partial charge in [0.25, 0.3) is 0 Å². The predicted octanol–water partition coefficient (Wildman–Crippen LogP) is 2.27. The molecular weight excluding hydrogens is 377 g/mol. The second-order valence-electron chi connectivity index (χ2n) is 11.4. The number of carbonyl (C=O) groups is 1. The van der Waals surface area contributed by atoms with E-state index in [1.165, 1.54) is 6.42 Å². The maximum atomic E-state index is 13.3. The van der Waals surface area contributed by atoms with Crippen molar-refractivity contribution >= 4 is 13.0 Å². The Labute approximate surface area is 182 Å². The third-order valence-electron chi connectivity index (χ3n) is 9.61. The van der Waals surface area contributed by atoms with E-state index in [0.717, 1.165) is 57.8 Å². The first-order valence-electron chi connectivity index (χ1n) is 12.3. The molecule has 0 spiro atoms. The highest BCUT2D eigenvalue weighted by atomic mass is 16.7. The van der Waals surface area contributed by atoms with Crippen LogP contribution in [0.1, 0.15) is 59.8 Å². The number of likely N-dealkylation sites (tertiary alicyclic amines) is 2. The van der Waals surface area contributed by atoms with Crippen LogP contribution in [0.3, 0.4) is 0 Å². The van der Waals surface area contributed by atoms with Gasteiger partial charge in [-0.3, -0.25) is 9.69 Å². The van der Waals surface area contributed by atoms with Crippen LogP contribution in [-0.2, 0) is 14.1 Å². The van der Waals surface area contributed by atoms with Gasteiger partial charge in [-0.15, -0.1) is 0 Å². The van der Waals surface area contributed by atoms with E-state index in [-0.39, 0.29) is 30.7 Å². The fourth-order valence-electron chi connectivity index (χ4n) is 7.34.